The molecule has 0 saturated heterocycles. The van der Waals surface area contributed by atoms with E-state index in [9.17, 15) is 59.8 Å². The second-order valence-corrected chi connectivity index (χ2v) is 6.49. The number of halogens is 6. The predicted octanol–water partition coefficient (Wildman–Crippen LogP) is 1.95. The molecule has 0 aromatic heterocycles. The van der Waals surface area contributed by atoms with Gasteiger partial charge in [0.15, 0.2) is 0 Å². The summed E-state index contributed by atoms with van der Waals surface area (Å²) < 4.78 is 99.9. The van der Waals surface area contributed by atoms with Crippen LogP contribution in [0.15, 0.2) is 12.1 Å². The monoisotopic (exact) mass is 455 g/mol. The van der Waals surface area contributed by atoms with Gasteiger partial charge in [-0.25, -0.2) is 0 Å². The number of rotatable bonds is 7. The molecule has 0 saturated carbocycles. The zero-order valence-electron chi connectivity index (χ0n) is 13.4. The Morgan fingerprint density at radius 3 is 2.03 bits per heavy atom. The lowest BCUT2D eigenvalue weighted by atomic mass is 10.1. The number of alkyl halides is 6. The van der Waals surface area contributed by atoms with Gasteiger partial charge in [0.2, 0.25) is 5.75 Å². The number of carbonyl (C=O) groups is 1. The van der Waals surface area contributed by atoms with E-state index in [0.29, 0.717) is 6.07 Å². The third-order valence-corrected chi connectivity index (χ3v) is 3.91. The van der Waals surface area contributed by atoms with E-state index in [-0.39, 0.29) is 6.07 Å². The topological polar surface area (TPSA) is 159 Å². The minimum absolute atomic E-state index is 0.0963. The lowest BCUT2D eigenvalue weighted by Gasteiger charge is -2.14. The first-order valence-corrected chi connectivity index (χ1v) is 8.19. The average Bonchev–Trinajstić information content (AvgIpc) is 2.53. The molecule has 0 heterocycles. The largest absolute Gasteiger partial charge is 0.534 e. The second-order valence-electron chi connectivity index (χ2n) is 4.95. The standard InChI is InChI=1S/C11H7F6N3O8S/c12-10(13,14)9(21)18-2-1-5-3-6(19(22)23)4-7(20(24)25)8(5)28-29(26,27)11(15,16)17/h3-4H,1-2H2,(H,18,21). The summed E-state index contributed by atoms with van der Waals surface area (Å²) in [6, 6.07) is 0.451. The van der Waals surface area contributed by atoms with Gasteiger partial charge in [0.1, 0.15) is 0 Å². The highest BCUT2D eigenvalue weighted by Gasteiger charge is 2.50. The first kappa shape index (κ1) is 23.9. The highest BCUT2D eigenvalue weighted by molar-refractivity contribution is 7.88. The number of non-ortho nitro benzene ring substituents is 1. The fraction of sp³-hybridized carbons (Fsp3) is 0.364. The van der Waals surface area contributed by atoms with E-state index >= 15 is 0 Å². The van der Waals surface area contributed by atoms with Crippen LogP contribution in [0.5, 0.6) is 5.75 Å². The summed E-state index contributed by atoms with van der Waals surface area (Å²) in [5, 5.41) is 23.1. The number of nitrogens with zero attached hydrogens (tertiary/aromatic N) is 2. The number of benzene rings is 1. The van der Waals surface area contributed by atoms with Crippen LogP contribution in [0.3, 0.4) is 0 Å². The van der Waals surface area contributed by atoms with E-state index in [2.05, 4.69) is 4.18 Å². The molecule has 1 N–H and O–H groups in total. The molecule has 1 aromatic rings. The van der Waals surface area contributed by atoms with E-state index in [1.165, 1.54) is 5.32 Å². The number of carbonyl (C=O) groups excluding carboxylic acids is 1. The average molecular weight is 455 g/mol. The first-order chi connectivity index (χ1) is 13.0. The SMILES string of the molecule is O=C(NCCc1cc([N+](=O)[O-])cc([N+](=O)[O-])c1OS(=O)(=O)C(F)(F)F)C(F)(F)F. The first-order valence-electron chi connectivity index (χ1n) is 6.79. The van der Waals surface area contributed by atoms with Crippen LogP contribution >= 0.6 is 0 Å². The molecular weight excluding hydrogens is 448 g/mol. The van der Waals surface area contributed by atoms with Crippen LogP contribution < -0.4 is 9.50 Å². The van der Waals surface area contributed by atoms with E-state index in [1.54, 1.807) is 0 Å². The van der Waals surface area contributed by atoms with Crippen LogP contribution in [0.4, 0.5) is 37.7 Å². The molecule has 0 aliphatic carbocycles. The Labute approximate surface area is 155 Å². The fourth-order valence-electron chi connectivity index (χ4n) is 1.75. The van der Waals surface area contributed by atoms with Gasteiger partial charge < -0.3 is 9.50 Å². The fourth-order valence-corrected chi connectivity index (χ4v) is 2.25. The molecule has 0 spiro atoms. The molecule has 29 heavy (non-hydrogen) atoms. The Bertz CT molecular complexity index is 943. The van der Waals surface area contributed by atoms with Crippen LogP contribution in [-0.4, -0.2) is 42.4 Å². The molecule has 0 unspecified atom stereocenters. The van der Waals surface area contributed by atoms with Crippen molar-refractivity contribution in [1.82, 2.24) is 5.32 Å². The maximum absolute atomic E-state index is 12.5. The molecule has 0 aliphatic heterocycles. The number of amides is 1. The highest BCUT2D eigenvalue weighted by atomic mass is 32.2. The zero-order valence-corrected chi connectivity index (χ0v) is 14.2. The Hall–Kier alpha value is -3.18. The van der Waals surface area contributed by atoms with Crippen molar-refractivity contribution in [3.05, 3.63) is 37.9 Å². The Morgan fingerprint density at radius 2 is 1.62 bits per heavy atom. The van der Waals surface area contributed by atoms with E-state index in [4.69, 9.17) is 0 Å². The molecule has 0 bridgehead atoms. The molecule has 0 radical (unpaired) electrons. The van der Waals surface area contributed by atoms with Crippen LogP contribution in [0.2, 0.25) is 0 Å². The van der Waals surface area contributed by atoms with Crippen molar-refractivity contribution in [1.29, 1.82) is 0 Å². The summed E-state index contributed by atoms with van der Waals surface area (Å²) in [6.07, 6.45) is -6.32. The third kappa shape index (κ3) is 5.90. The van der Waals surface area contributed by atoms with Crippen LogP contribution in [0.25, 0.3) is 0 Å². The summed E-state index contributed by atoms with van der Waals surface area (Å²) >= 11 is 0. The number of hydrogen-bond acceptors (Lipinski definition) is 8. The quantitative estimate of drug-likeness (QED) is 0.215. The maximum atomic E-state index is 12.5. The smallest absolute Gasteiger partial charge is 0.368 e. The van der Waals surface area contributed by atoms with Crippen molar-refractivity contribution in [3.8, 4) is 5.75 Å². The summed E-state index contributed by atoms with van der Waals surface area (Å²) in [5.41, 5.74) is -9.64. The van der Waals surface area contributed by atoms with Crippen molar-refractivity contribution >= 4 is 27.4 Å². The minimum Gasteiger partial charge on any atom is -0.368 e. The summed E-state index contributed by atoms with van der Waals surface area (Å²) in [5.74, 6) is -4.08. The van der Waals surface area contributed by atoms with Crippen molar-refractivity contribution in [2.75, 3.05) is 6.54 Å². The highest BCUT2D eigenvalue weighted by Crippen LogP contribution is 2.39. The van der Waals surface area contributed by atoms with Crippen LogP contribution in [-0.2, 0) is 21.3 Å². The number of nitro benzene ring substituents is 2. The van der Waals surface area contributed by atoms with Crippen molar-refractivity contribution in [3.63, 3.8) is 0 Å². The van der Waals surface area contributed by atoms with Gasteiger partial charge in [0.25, 0.3) is 5.69 Å². The lowest BCUT2D eigenvalue weighted by molar-refractivity contribution is -0.394. The summed E-state index contributed by atoms with van der Waals surface area (Å²) in [7, 11) is -6.47. The second kappa shape index (κ2) is 8.05. The van der Waals surface area contributed by atoms with Gasteiger partial charge in [-0.1, -0.05) is 0 Å². The Balaban J connectivity index is 3.44. The molecule has 0 aliphatic rings. The Kier molecular flexibility index (Phi) is 6.62. The number of hydrogen-bond donors (Lipinski definition) is 1. The van der Waals surface area contributed by atoms with Gasteiger partial charge in [0, 0.05) is 18.2 Å². The van der Waals surface area contributed by atoms with Gasteiger partial charge in [-0.05, 0) is 6.42 Å². The van der Waals surface area contributed by atoms with E-state index < -0.39 is 73.2 Å². The molecule has 1 aromatic carbocycles. The molecular formula is C11H7F6N3O8S. The van der Waals surface area contributed by atoms with Gasteiger partial charge in [0.05, 0.1) is 15.9 Å². The van der Waals surface area contributed by atoms with E-state index in [1.807, 2.05) is 0 Å². The lowest BCUT2D eigenvalue weighted by Crippen LogP contribution is -2.37. The molecule has 1 amide bonds. The van der Waals surface area contributed by atoms with E-state index in [0.717, 1.165) is 0 Å². The van der Waals surface area contributed by atoms with Crippen LogP contribution in [0.1, 0.15) is 5.56 Å². The van der Waals surface area contributed by atoms with Gasteiger partial charge >= 0.3 is 33.4 Å². The molecule has 18 heteroatoms. The van der Waals surface area contributed by atoms with Crippen molar-refractivity contribution in [2.24, 2.45) is 0 Å². The van der Waals surface area contributed by atoms with Gasteiger partial charge in [-0.3, -0.25) is 25.0 Å². The molecule has 1 rings (SSSR count). The molecule has 0 atom stereocenters. The molecule has 11 nitrogen and oxygen atoms in total. The summed E-state index contributed by atoms with van der Waals surface area (Å²) in [6.45, 7) is -1.03. The molecule has 162 valence electrons. The van der Waals surface area contributed by atoms with Crippen LogP contribution in [0, 0.1) is 20.2 Å². The minimum atomic E-state index is -6.47. The Morgan fingerprint density at radius 1 is 1.07 bits per heavy atom. The number of nitrogens with one attached hydrogen (secondary N) is 1. The third-order valence-electron chi connectivity index (χ3n) is 2.95. The zero-order chi connectivity index (χ0) is 22.8. The summed E-state index contributed by atoms with van der Waals surface area (Å²) in [4.78, 5) is 29.8. The number of nitro groups is 2. The predicted molar refractivity (Wildman–Crippen MR) is 78.1 cm³/mol. The molecule has 0 fully saturated rings. The normalized spacial score (nSPS) is 12.3. The van der Waals surface area contributed by atoms with Gasteiger partial charge in [-0.15, -0.1) is 0 Å². The van der Waals surface area contributed by atoms with Gasteiger partial charge in [-0.2, -0.15) is 34.8 Å². The maximum Gasteiger partial charge on any atom is 0.534 e. The van der Waals surface area contributed by atoms with Crippen molar-refractivity contribution in [2.45, 2.75) is 18.1 Å². The van der Waals surface area contributed by atoms with Crippen molar-refractivity contribution < 1.29 is 53.6 Å².